The van der Waals surface area contributed by atoms with E-state index in [1.165, 1.54) is 11.6 Å². The van der Waals surface area contributed by atoms with E-state index in [4.69, 9.17) is 9.47 Å². The number of hydrogen-bond acceptors (Lipinski definition) is 4. The lowest BCUT2D eigenvalue weighted by Gasteiger charge is -2.15. The molecule has 0 unspecified atom stereocenters. The van der Waals surface area contributed by atoms with Crippen molar-refractivity contribution in [3.05, 3.63) is 77.5 Å². The van der Waals surface area contributed by atoms with E-state index in [9.17, 15) is 4.39 Å². The van der Waals surface area contributed by atoms with Gasteiger partial charge in [-0.15, -0.1) is 0 Å². The molecule has 1 fully saturated rings. The van der Waals surface area contributed by atoms with Crippen molar-refractivity contribution < 1.29 is 13.9 Å². The standard InChI is InChI=1S/C26H29FN4O2/c1-30-15-19(22-13-20(27)7-8-24(22)30)17-31-11-9-18(16-31)23-14-21(28-29-23)10-12-33-26-6-4-3-5-25(26)32-2/h3-8,13-15,18H,9-12,16-17H2,1-2H3,(H,28,29)/t18-/m1/s1. The number of fused-ring (bicyclic) bond motifs is 1. The van der Waals surface area contributed by atoms with E-state index < -0.39 is 0 Å². The molecule has 5 rings (SSSR count). The van der Waals surface area contributed by atoms with Crippen LogP contribution in [0.3, 0.4) is 0 Å². The number of benzene rings is 2. The van der Waals surface area contributed by atoms with Gasteiger partial charge < -0.3 is 14.0 Å². The minimum atomic E-state index is -0.187. The molecular formula is C26H29FN4O2. The summed E-state index contributed by atoms with van der Waals surface area (Å²) in [6, 6.07) is 14.8. The van der Waals surface area contributed by atoms with Gasteiger partial charge in [0.25, 0.3) is 0 Å². The molecule has 4 aromatic rings. The third-order valence-electron chi connectivity index (χ3n) is 6.47. The van der Waals surface area contributed by atoms with Gasteiger partial charge in [-0.05, 0) is 54.9 Å². The summed E-state index contributed by atoms with van der Waals surface area (Å²) < 4.78 is 27.1. The highest BCUT2D eigenvalue weighted by molar-refractivity contribution is 5.84. The number of aryl methyl sites for hydroxylation is 1. The normalized spacial score (nSPS) is 16.5. The molecule has 0 amide bonds. The van der Waals surface area contributed by atoms with E-state index in [1.807, 2.05) is 37.4 Å². The number of likely N-dealkylation sites (tertiary alicyclic amines) is 1. The van der Waals surface area contributed by atoms with E-state index in [0.29, 0.717) is 12.5 Å². The van der Waals surface area contributed by atoms with E-state index in [-0.39, 0.29) is 5.82 Å². The topological polar surface area (TPSA) is 55.3 Å². The van der Waals surface area contributed by atoms with Crippen LogP contribution in [-0.2, 0) is 20.0 Å². The average molecular weight is 449 g/mol. The first-order valence-electron chi connectivity index (χ1n) is 11.4. The minimum Gasteiger partial charge on any atom is -0.493 e. The Morgan fingerprint density at radius 1 is 1.15 bits per heavy atom. The van der Waals surface area contributed by atoms with E-state index in [0.717, 1.165) is 66.3 Å². The van der Waals surface area contributed by atoms with Crippen molar-refractivity contribution in [3.8, 4) is 11.5 Å². The van der Waals surface area contributed by atoms with Gasteiger partial charge in [-0.1, -0.05) is 12.1 Å². The monoisotopic (exact) mass is 448 g/mol. The second-order valence-electron chi connectivity index (χ2n) is 8.71. The van der Waals surface area contributed by atoms with Crippen molar-refractivity contribution in [2.24, 2.45) is 7.05 Å². The maximum Gasteiger partial charge on any atom is 0.161 e. The van der Waals surface area contributed by atoms with Gasteiger partial charge in [0.2, 0.25) is 0 Å². The van der Waals surface area contributed by atoms with Crippen molar-refractivity contribution in [2.75, 3.05) is 26.8 Å². The van der Waals surface area contributed by atoms with E-state index >= 15 is 0 Å². The molecule has 0 aliphatic carbocycles. The van der Waals surface area contributed by atoms with Gasteiger partial charge in [0.05, 0.1) is 19.4 Å². The fourth-order valence-corrected chi connectivity index (χ4v) is 4.76. The van der Waals surface area contributed by atoms with Gasteiger partial charge >= 0.3 is 0 Å². The lowest BCUT2D eigenvalue weighted by molar-refractivity contribution is 0.296. The Morgan fingerprint density at radius 2 is 2.00 bits per heavy atom. The second-order valence-corrected chi connectivity index (χ2v) is 8.71. The van der Waals surface area contributed by atoms with Gasteiger partial charge in [0.1, 0.15) is 5.82 Å². The number of para-hydroxylation sites is 2. The van der Waals surface area contributed by atoms with Crippen LogP contribution in [0.25, 0.3) is 10.9 Å². The van der Waals surface area contributed by atoms with E-state index in [2.05, 4.69) is 31.9 Å². The predicted molar refractivity (Wildman–Crippen MR) is 126 cm³/mol. The Hall–Kier alpha value is -3.32. The third-order valence-corrected chi connectivity index (χ3v) is 6.47. The molecule has 1 atom stereocenters. The van der Waals surface area contributed by atoms with Crippen molar-refractivity contribution in [1.29, 1.82) is 0 Å². The van der Waals surface area contributed by atoms with Gasteiger partial charge in [0.15, 0.2) is 11.5 Å². The van der Waals surface area contributed by atoms with Crippen molar-refractivity contribution in [1.82, 2.24) is 19.7 Å². The van der Waals surface area contributed by atoms with Crippen LogP contribution in [0.1, 0.15) is 29.3 Å². The predicted octanol–water partition coefficient (Wildman–Crippen LogP) is 4.66. The van der Waals surface area contributed by atoms with Crippen LogP contribution >= 0.6 is 0 Å². The van der Waals surface area contributed by atoms with Crippen molar-refractivity contribution >= 4 is 10.9 Å². The zero-order valence-corrected chi connectivity index (χ0v) is 19.1. The molecule has 1 N–H and O–H groups in total. The molecule has 2 aromatic heterocycles. The Labute approximate surface area is 192 Å². The number of ether oxygens (including phenoxy) is 2. The highest BCUT2D eigenvalue weighted by Crippen LogP contribution is 2.30. The largest absolute Gasteiger partial charge is 0.493 e. The molecule has 33 heavy (non-hydrogen) atoms. The van der Waals surface area contributed by atoms with Crippen LogP contribution in [0.15, 0.2) is 54.7 Å². The van der Waals surface area contributed by atoms with Crippen LogP contribution in [0.5, 0.6) is 11.5 Å². The van der Waals surface area contributed by atoms with Gasteiger partial charge in [0, 0.05) is 55.3 Å². The molecule has 1 saturated heterocycles. The average Bonchev–Trinajstić information content (AvgIpc) is 3.54. The first-order chi connectivity index (χ1) is 16.1. The van der Waals surface area contributed by atoms with Crippen LogP contribution < -0.4 is 9.47 Å². The highest BCUT2D eigenvalue weighted by atomic mass is 19.1. The SMILES string of the molecule is COc1ccccc1OCCc1cc([C@@H]2CCN(Cc3cn(C)c4ccc(F)cc34)C2)n[nH]1. The van der Waals surface area contributed by atoms with Gasteiger partial charge in [-0.25, -0.2) is 4.39 Å². The highest BCUT2D eigenvalue weighted by Gasteiger charge is 2.26. The molecule has 3 heterocycles. The van der Waals surface area contributed by atoms with Crippen molar-refractivity contribution in [2.45, 2.75) is 25.3 Å². The Bertz CT molecular complexity index is 1250. The van der Waals surface area contributed by atoms with E-state index in [1.54, 1.807) is 13.2 Å². The number of hydrogen-bond donors (Lipinski definition) is 1. The smallest absolute Gasteiger partial charge is 0.161 e. The fourth-order valence-electron chi connectivity index (χ4n) is 4.76. The summed E-state index contributed by atoms with van der Waals surface area (Å²) in [5.41, 5.74) is 4.41. The van der Waals surface area contributed by atoms with Gasteiger partial charge in [-0.3, -0.25) is 10.00 Å². The Morgan fingerprint density at radius 3 is 2.85 bits per heavy atom. The molecular weight excluding hydrogens is 419 g/mol. The van der Waals surface area contributed by atoms with Crippen LogP contribution in [0.2, 0.25) is 0 Å². The summed E-state index contributed by atoms with van der Waals surface area (Å²) in [5, 5.41) is 8.75. The molecule has 6 nitrogen and oxygen atoms in total. The Balaban J connectivity index is 1.17. The number of nitrogens with one attached hydrogen (secondary N) is 1. The number of nitrogens with zero attached hydrogens (tertiary/aromatic N) is 3. The summed E-state index contributed by atoms with van der Waals surface area (Å²) in [7, 11) is 3.66. The number of H-pyrrole nitrogens is 1. The number of aromatic nitrogens is 3. The lowest BCUT2D eigenvalue weighted by atomic mass is 10.0. The number of methoxy groups -OCH3 is 1. The molecule has 1 aliphatic heterocycles. The molecule has 0 bridgehead atoms. The van der Waals surface area contributed by atoms with Crippen molar-refractivity contribution in [3.63, 3.8) is 0 Å². The third kappa shape index (κ3) is 4.59. The molecule has 2 aromatic carbocycles. The molecule has 0 radical (unpaired) electrons. The summed E-state index contributed by atoms with van der Waals surface area (Å²) in [5.74, 6) is 1.70. The number of aromatic amines is 1. The molecule has 172 valence electrons. The molecule has 0 saturated carbocycles. The lowest BCUT2D eigenvalue weighted by Crippen LogP contribution is -2.19. The minimum absolute atomic E-state index is 0.187. The fraction of sp³-hybridized carbons (Fsp3) is 0.346. The molecule has 0 spiro atoms. The quantitative estimate of drug-likeness (QED) is 0.426. The van der Waals surface area contributed by atoms with Gasteiger partial charge in [-0.2, -0.15) is 5.10 Å². The zero-order chi connectivity index (χ0) is 22.8. The van der Waals surface area contributed by atoms with Crippen LogP contribution in [-0.4, -0.2) is 46.5 Å². The van der Waals surface area contributed by atoms with Crippen LogP contribution in [0, 0.1) is 5.82 Å². The second kappa shape index (κ2) is 9.27. The maximum atomic E-state index is 13.8. The molecule has 1 aliphatic rings. The van der Waals surface area contributed by atoms with Crippen LogP contribution in [0.4, 0.5) is 4.39 Å². The summed E-state index contributed by atoms with van der Waals surface area (Å²) in [6.07, 6.45) is 3.94. The zero-order valence-electron chi connectivity index (χ0n) is 19.1. The number of rotatable bonds is 8. The summed E-state index contributed by atoms with van der Waals surface area (Å²) in [4.78, 5) is 2.43. The maximum absolute atomic E-state index is 13.8. The Kier molecular flexibility index (Phi) is 6.05. The summed E-state index contributed by atoms with van der Waals surface area (Å²) >= 11 is 0. The number of halogens is 1. The molecule has 7 heteroatoms. The summed E-state index contributed by atoms with van der Waals surface area (Å²) in [6.45, 7) is 3.33. The first kappa shape index (κ1) is 21.5. The first-order valence-corrected chi connectivity index (χ1v) is 11.4.